The van der Waals surface area contributed by atoms with Gasteiger partial charge in [0.25, 0.3) is 0 Å². The van der Waals surface area contributed by atoms with Crippen LogP contribution in [-0.2, 0) is 30.3 Å². The predicted octanol–water partition coefficient (Wildman–Crippen LogP) is 2.48. The minimum absolute atomic E-state index is 0.0624. The summed E-state index contributed by atoms with van der Waals surface area (Å²) in [5.41, 5.74) is 1.14. The Hall–Kier alpha value is -0.980. The maximum absolute atomic E-state index is 6.07. The zero-order chi connectivity index (χ0) is 15.6. The highest BCUT2D eigenvalue weighted by atomic mass is 16.8. The van der Waals surface area contributed by atoms with Crippen molar-refractivity contribution in [1.29, 1.82) is 0 Å². The first-order chi connectivity index (χ1) is 10.6. The van der Waals surface area contributed by atoms with Crippen LogP contribution in [0.3, 0.4) is 0 Å². The van der Waals surface area contributed by atoms with Gasteiger partial charge in [-0.15, -0.1) is 0 Å². The second-order valence-corrected chi connectivity index (χ2v) is 6.20. The number of ether oxygens (including phenoxy) is 5. The summed E-state index contributed by atoms with van der Waals surface area (Å²) in [6.07, 6.45) is 0.0889. The van der Waals surface area contributed by atoms with Crippen LogP contribution in [-0.4, -0.2) is 44.1 Å². The van der Waals surface area contributed by atoms with Crippen molar-refractivity contribution in [3.8, 4) is 0 Å². The third kappa shape index (κ3) is 3.67. The predicted molar refractivity (Wildman–Crippen MR) is 80.2 cm³/mol. The van der Waals surface area contributed by atoms with E-state index in [4.69, 9.17) is 23.7 Å². The van der Waals surface area contributed by atoms with Crippen molar-refractivity contribution in [1.82, 2.24) is 0 Å². The number of methoxy groups -OCH3 is 1. The summed E-state index contributed by atoms with van der Waals surface area (Å²) in [5.74, 6) is -0.566. The van der Waals surface area contributed by atoms with Crippen LogP contribution in [0.2, 0.25) is 0 Å². The highest BCUT2D eigenvalue weighted by Crippen LogP contribution is 2.33. The average molecular weight is 308 g/mol. The van der Waals surface area contributed by atoms with Crippen LogP contribution in [0.25, 0.3) is 0 Å². The molecule has 122 valence electrons. The van der Waals surface area contributed by atoms with Crippen LogP contribution in [0.4, 0.5) is 0 Å². The minimum atomic E-state index is -0.566. The molecule has 0 saturated carbocycles. The first kappa shape index (κ1) is 15.9. The Kier molecular flexibility index (Phi) is 4.80. The summed E-state index contributed by atoms with van der Waals surface area (Å²) >= 11 is 0. The minimum Gasteiger partial charge on any atom is -0.371 e. The van der Waals surface area contributed by atoms with Crippen molar-refractivity contribution in [2.24, 2.45) is 0 Å². The average Bonchev–Trinajstić information content (AvgIpc) is 3.09. The lowest BCUT2D eigenvalue weighted by molar-refractivity contribution is -0.182. The first-order valence-corrected chi connectivity index (χ1v) is 7.73. The number of rotatable bonds is 5. The molecule has 1 aromatic rings. The fourth-order valence-electron chi connectivity index (χ4n) is 2.94. The molecule has 2 aliphatic rings. The highest BCUT2D eigenvalue weighted by molar-refractivity contribution is 5.13. The first-order valence-electron chi connectivity index (χ1n) is 7.73. The van der Waals surface area contributed by atoms with Crippen LogP contribution in [0.5, 0.6) is 0 Å². The standard InChI is InChI=1S/C17H24O5/c1-17(2)20-11-14(22-17)16-13(9-15(18-3)21-16)19-10-12-7-5-4-6-8-12/h4-8,13-16H,9-11H2,1-3H3/t13-,14-,15-,16-/m1/s1. The van der Waals surface area contributed by atoms with Crippen molar-refractivity contribution in [3.63, 3.8) is 0 Å². The molecule has 0 aliphatic carbocycles. The van der Waals surface area contributed by atoms with Gasteiger partial charge in [-0.1, -0.05) is 30.3 Å². The molecule has 22 heavy (non-hydrogen) atoms. The molecule has 0 aromatic heterocycles. The maximum Gasteiger partial charge on any atom is 0.163 e. The number of benzene rings is 1. The Bertz CT molecular complexity index is 475. The van der Waals surface area contributed by atoms with E-state index in [2.05, 4.69) is 12.1 Å². The third-order valence-corrected chi connectivity index (χ3v) is 4.07. The molecule has 4 atom stereocenters. The van der Waals surface area contributed by atoms with E-state index < -0.39 is 5.79 Å². The molecule has 2 aliphatic heterocycles. The second-order valence-electron chi connectivity index (χ2n) is 6.20. The molecular weight excluding hydrogens is 284 g/mol. The van der Waals surface area contributed by atoms with E-state index in [1.165, 1.54) is 0 Å². The SMILES string of the molecule is CO[C@H]1C[C@@H](OCc2ccccc2)[C@H]([C@H]2COC(C)(C)O2)O1. The van der Waals surface area contributed by atoms with E-state index in [0.717, 1.165) is 5.56 Å². The lowest BCUT2D eigenvalue weighted by Crippen LogP contribution is -2.38. The summed E-state index contributed by atoms with van der Waals surface area (Å²) in [6, 6.07) is 10.1. The van der Waals surface area contributed by atoms with Gasteiger partial charge in [0.15, 0.2) is 12.1 Å². The van der Waals surface area contributed by atoms with Gasteiger partial charge in [0.05, 0.1) is 19.3 Å². The molecule has 0 amide bonds. The van der Waals surface area contributed by atoms with Crippen molar-refractivity contribution in [3.05, 3.63) is 35.9 Å². The molecule has 2 heterocycles. The molecule has 5 nitrogen and oxygen atoms in total. The topological polar surface area (TPSA) is 46.2 Å². The Balaban J connectivity index is 1.62. The molecule has 2 fully saturated rings. The number of hydrogen-bond donors (Lipinski definition) is 0. The zero-order valence-electron chi connectivity index (χ0n) is 13.4. The van der Waals surface area contributed by atoms with Gasteiger partial charge in [-0.25, -0.2) is 0 Å². The van der Waals surface area contributed by atoms with Gasteiger partial charge < -0.3 is 23.7 Å². The molecule has 0 spiro atoms. The maximum atomic E-state index is 6.07. The molecule has 2 saturated heterocycles. The highest BCUT2D eigenvalue weighted by Gasteiger charge is 2.47. The molecule has 1 aromatic carbocycles. The van der Waals surface area contributed by atoms with Gasteiger partial charge in [-0.2, -0.15) is 0 Å². The van der Waals surface area contributed by atoms with E-state index in [0.29, 0.717) is 19.6 Å². The van der Waals surface area contributed by atoms with E-state index in [1.54, 1.807) is 7.11 Å². The van der Waals surface area contributed by atoms with Gasteiger partial charge in [0.1, 0.15) is 12.2 Å². The molecular formula is C17H24O5. The molecule has 3 rings (SSSR count). The fourth-order valence-corrected chi connectivity index (χ4v) is 2.94. The van der Waals surface area contributed by atoms with Crippen molar-refractivity contribution in [2.45, 2.75) is 57.3 Å². The van der Waals surface area contributed by atoms with Crippen molar-refractivity contribution < 1.29 is 23.7 Å². The fraction of sp³-hybridized carbons (Fsp3) is 0.647. The van der Waals surface area contributed by atoms with Gasteiger partial charge in [-0.05, 0) is 19.4 Å². The van der Waals surface area contributed by atoms with Gasteiger partial charge >= 0.3 is 0 Å². The Labute approximate surface area is 131 Å². The molecule has 0 N–H and O–H groups in total. The zero-order valence-corrected chi connectivity index (χ0v) is 13.4. The summed E-state index contributed by atoms with van der Waals surface area (Å²) < 4.78 is 28.9. The van der Waals surface area contributed by atoms with E-state index in [-0.39, 0.29) is 24.6 Å². The summed E-state index contributed by atoms with van der Waals surface area (Å²) in [5, 5.41) is 0. The Morgan fingerprint density at radius 1 is 1.23 bits per heavy atom. The molecule has 5 heteroatoms. The Morgan fingerprint density at radius 2 is 2.00 bits per heavy atom. The van der Waals surface area contributed by atoms with Gasteiger partial charge in [-0.3, -0.25) is 0 Å². The molecule has 0 unspecified atom stereocenters. The van der Waals surface area contributed by atoms with Crippen LogP contribution in [0.1, 0.15) is 25.8 Å². The van der Waals surface area contributed by atoms with Crippen LogP contribution < -0.4 is 0 Å². The second kappa shape index (κ2) is 6.64. The van der Waals surface area contributed by atoms with Gasteiger partial charge in [0, 0.05) is 13.5 Å². The lowest BCUT2D eigenvalue weighted by Gasteiger charge is -2.25. The molecule has 0 radical (unpaired) electrons. The Morgan fingerprint density at radius 3 is 2.64 bits per heavy atom. The van der Waals surface area contributed by atoms with E-state index in [1.807, 2.05) is 32.0 Å². The van der Waals surface area contributed by atoms with Crippen LogP contribution >= 0.6 is 0 Å². The third-order valence-electron chi connectivity index (χ3n) is 4.07. The largest absolute Gasteiger partial charge is 0.371 e. The quantitative estimate of drug-likeness (QED) is 0.836. The van der Waals surface area contributed by atoms with Crippen molar-refractivity contribution in [2.75, 3.05) is 13.7 Å². The van der Waals surface area contributed by atoms with E-state index in [9.17, 15) is 0 Å². The summed E-state index contributed by atoms with van der Waals surface area (Å²) in [6.45, 7) is 4.89. The van der Waals surface area contributed by atoms with Gasteiger partial charge in [0.2, 0.25) is 0 Å². The summed E-state index contributed by atoms with van der Waals surface area (Å²) in [4.78, 5) is 0. The summed E-state index contributed by atoms with van der Waals surface area (Å²) in [7, 11) is 1.65. The van der Waals surface area contributed by atoms with Crippen LogP contribution in [0.15, 0.2) is 30.3 Å². The van der Waals surface area contributed by atoms with E-state index >= 15 is 0 Å². The van der Waals surface area contributed by atoms with Crippen LogP contribution in [0, 0.1) is 0 Å². The smallest absolute Gasteiger partial charge is 0.163 e. The monoisotopic (exact) mass is 308 g/mol. The number of hydrogen-bond acceptors (Lipinski definition) is 5. The normalized spacial score (nSPS) is 34.1. The molecule has 0 bridgehead atoms. The van der Waals surface area contributed by atoms with Crippen molar-refractivity contribution >= 4 is 0 Å². The lowest BCUT2D eigenvalue weighted by atomic mass is 10.1.